The molecule has 0 aliphatic heterocycles. The Bertz CT molecular complexity index is 294. The average Bonchev–Trinajstić information content (AvgIpc) is 2.36. The van der Waals surface area contributed by atoms with Crippen molar-refractivity contribution in [3.05, 3.63) is 29.8 Å². The van der Waals surface area contributed by atoms with E-state index in [1.54, 1.807) is 0 Å². The maximum absolute atomic E-state index is 5.43. The predicted molar refractivity (Wildman–Crippen MR) is 73.7 cm³/mol. The molecule has 2 nitrogen and oxygen atoms in total. The predicted octanol–water partition coefficient (Wildman–Crippen LogP) is 3.41. The Morgan fingerprint density at radius 3 is 2.35 bits per heavy atom. The van der Waals surface area contributed by atoms with E-state index in [0.29, 0.717) is 6.04 Å². The first-order valence-electron chi connectivity index (χ1n) is 6.69. The minimum atomic E-state index is 0.645. The number of hydrogen-bond acceptors (Lipinski definition) is 2. The van der Waals surface area contributed by atoms with Crippen molar-refractivity contribution in [1.29, 1.82) is 0 Å². The maximum Gasteiger partial charge on any atom is 0.119 e. The molecule has 1 N–H and O–H groups in total. The van der Waals surface area contributed by atoms with Crippen LogP contribution in [0, 0.1) is 0 Å². The van der Waals surface area contributed by atoms with Crippen LogP contribution in [0.5, 0.6) is 5.75 Å². The van der Waals surface area contributed by atoms with Crippen molar-refractivity contribution < 1.29 is 4.74 Å². The average molecular weight is 235 g/mol. The molecule has 1 aromatic carbocycles. The van der Waals surface area contributed by atoms with Gasteiger partial charge in [0.25, 0.3) is 0 Å². The van der Waals surface area contributed by atoms with E-state index in [9.17, 15) is 0 Å². The van der Waals surface area contributed by atoms with Gasteiger partial charge in [0.15, 0.2) is 0 Å². The monoisotopic (exact) mass is 235 g/mol. The smallest absolute Gasteiger partial charge is 0.119 e. The van der Waals surface area contributed by atoms with E-state index < -0.39 is 0 Å². The summed E-state index contributed by atoms with van der Waals surface area (Å²) < 4.78 is 5.43. The third-order valence-electron chi connectivity index (χ3n) is 3.06. The van der Waals surface area contributed by atoms with Gasteiger partial charge in [-0.25, -0.2) is 0 Å². The minimum Gasteiger partial charge on any atom is -0.494 e. The number of hydrogen-bond donors (Lipinski definition) is 1. The van der Waals surface area contributed by atoms with Gasteiger partial charge in [-0.05, 0) is 50.9 Å². The van der Waals surface area contributed by atoms with Crippen molar-refractivity contribution >= 4 is 0 Å². The summed E-state index contributed by atoms with van der Waals surface area (Å²) in [6.45, 7) is 4.98. The summed E-state index contributed by atoms with van der Waals surface area (Å²) in [7, 11) is 2.05. The fourth-order valence-electron chi connectivity index (χ4n) is 2.04. The summed E-state index contributed by atoms with van der Waals surface area (Å²) in [5.74, 6) is 0.968. The molecule has 1 unspecified atom stereocenters. The molecule has 1 rings (SSSR count). The molecule has 0 aliphatic carbocycles. The highest BCUT2D eigenvalue weighted by Crippen LogP contribution is 2.14. The summed E-state index contributed by atoms with van der Waals surface area (Å²) in [6, 6.07) is 9.11. The topological polar surface area (TPSA) is 21.3 Å². The van der Waals surface area contributed by atoms with Gasteiger partial charge in [0.1, 0.15) is 5.75 Å². The van der Waals surface area contributed by atoms with Crippen molar-refractivity contribution in [3.63, 3.8) is 0 Å². The molecular weight excluding hydrogens is 210 g/mol. The van der Waals surface area contributed by atoms with Gasteiger partial charge in [0, 0.05) is 6.04 Å². The van der Waals surface area contributed by atoms with E-state index in [1.807, 2.05) is 6.92 Å². The number of ether oxygens (including phenoxy) is 1. The van der Waals surface area contributed by atoms with Crippen LogP contribution in [0.1, 0.15) is 38.7 Å². The van der Waals surface area contributed by atoms with Gasteiger partial charge >= 0.3 is 0 Å². The van der Waals surface area contributed by atoms with Crippen LogP contribution in [0.25, 0.3) is 0 Å². The standard InChI is InChI=1S/C15H25NO/c1-4-6-14(16-3)10-7-13-8-11-15(12-9-13)17-5-2/h8-9,11-12,14,16H,4-7,10H2,1-3H3. The van der Waals surface area contributed by atoms with Crippen LogP contribution in [-0.4, -0.2) is 19.7 Å². The third kappa shape index (κ3) is 5.22. The second-order valence-electron chi connectivity index (χ2n) is 4.39. The Morgan fingerprint density at radius 2 is 1.82 bits per heavy atom. The highest BCUT2D eigenvalue weighted by molar-refractivity contribution is 5.27. The molecule has 0 saturated heterocycles. The van der Waals surface area contributed by atoms with E-state index in [1.165, 1.54) is 24.8 Å². The summed E-state index contributed by atoms with van der Waals surface area (Å²) in [6.07, 6.45) is 4.85. The van der Waals surface area contributed by atoms with Gasteiger partial charge in [0.05, 0.1) is 6.61 Å². The Balaban J connectivity index is 2.40. The largest absolute Gasteiger partial charge is 0.494 e. The van der Waals surface area contributed by atoms with Crippen molar-refractivity contribution in [3.8, 4) is 5.75 Å². The second-order valence-corrected chi connectivity index (χ2v) is 4.39. The molecule has 0 fully saturated rings. The highest BCUT2D eigenvalue weighted by Gasteiger charge is 2.04. The molecular formula is C15H25NO. The van der Waals surface area contributed by atoms with Crippen LogP contribution >= 0.6 is 0 Å². The lowest BCUT2D eigenvalue weighted by Gasteiger charge is -2.15. The van der Waals surface area contributed by atoms with Gasteiger partial charge in [0.2, 0.25) is 0 Å². The molecule has 0 aliphatic rings. The molecule has 0 saturated carbocycles. The molecule has 1 aromatic rings. The molecule has 1 atom stereocenters. The highest BCUT2D eigenvalue weighted by atomic mass is 16.5. The molecule has 0 aromatic heterocycles. The Labute approximate surface area is 105 Å². The van der Waals surface area contributed by atoms with E-state index in [-0.39, 0.29) is 0 Å². The number of aryl methyl sites for hydroxylation is 1. The number of benzene rings is 1. The number of rotatable bonds is 8. The molecule has 0 spiro atoms. The number of nitrogens with one attached hydrogen (secondary N) is 1. The Morgan fingerprint density at radius 1 is 1.12 bits per heavy atom. The SMILES string of the molecule is CCCC(CCc1ccc(OCC)cc1)NC. The van der Waals surface area contributed by atoms with Gasteiger partial charge in [-0.15, -0.1) is 0 Å². The second kappa shape index (κ2) is 8.13. The molecule has 96 valence electrons. The van der Waals surface area contributed by atoms with Crippen LogP contribution in [0.15, 0.2) is 24.3 Å². The Hall–Kier alpha value is -1.02. The van der Waals surface area contributed by atoms with E-state index >= 15 is 0 Å². The lowest BCUT2D eigenvalue weighted by molar-refractivity contribution is 0.340. The quantitative estimate of drug-likeness (QED) is 0.745. The summed E-state index contributed by atoms with van der Waals surface area (Å²) in [5.41, 5.74) is 1.39. The molecule has 0 radical (unpaired) electrons. The van der Waals surface area contributed by atoms with Crippen LogP contribution in [-0.2, 0) is 6.42 Å². The first-order valence-corrected chi connectivity index (χ1v) is 6.69. The van der Waals surface area contributed by atoms with Crippen molar-refractivity contribution in [2.45, 2.75) is 45.6 Å². The third-order valence-corrected chi connectivity index (χ3v) is 3.06. The Kier molecular flexibility index (Phi) is 6.71. The van der Waals surface area contributed by atoms with Crippen molar-refractivity contribution in [2.24, 2.45) is 0 Å². The normalized spacial score (nSPS) is 12.4. The molecule has 0 amide bonds. The van der Waals surface area contributed by atoms with Crippen molar-refractivity contribution in [1.82, 2.24) is 5.32 Å². The van der Waals surface area contributed by atoms with Crippen molar-refractivity contribution in [2.75, 3.05) is 13.7 Å². The summed E-state index contributed by atoms with van der Waals surface area (Å²) in [5, 5.41) is 3.38. The zero-order chi connectivity index (χ0) is 12.5. The lowest BCUT2D eigenvalue weighted by atomic mass is 10.0. The minimum absolute atomic E-state index is 0.645. The van der Waals surface area contributed by atoms with Gasteiger partial charge in [-0.1, -0.05) is 25.5 Å². The van der Waals surface area contributed by atoms with Gasteiger partial charge < -0.3 is 10.1 Å². The van der Waals surface area contributed by atoms with E-state index in [2.05, 4.69) is 43.6 Å². The molecule has 0 heterocycles. The van der Waals surface area contributed by atoms with Crippen LogP contribution in [0.4, 0.5) is 0 Å². The fraction of sp³-hybridized carbons (Fsp3) is 0.600. The van der Waals surface area contributed by atoms with E-state index in [0.717, 1.165) is 18.8 Å². The first-order chi connectivity index (χ1) is 8.30. The zero-order valence-electron chi connectivity index (χ0n) is 11.3. The molecule has 0 bridgehead atoms. The van der Waals surface area contributed by atoms with Crippen LogP contribution < -0.4 is 10.1 Å². The van der Waals surface area contributed by atoms with Gasteiger partial charge in [-0.3, -0.25) is 0 Å². The maximum atomic E-state index is 5.43. The summed E-state index contributed by atoms with van der Waals surface area (Å²) >= 11 is 0. The molecule has 2 heteroatoms. The van der Waals surface area contributed by atoms with Crippen LogP contribution in [0.2, 0.25) is 0 Å². The zero-order valence-corrected chi connectivity index (χ0v) is 11.3. The van der Waals surface area contributed by atoms with Gasteiger partial charge in [-0.2, -0.15) is 0 Å². The molecule has 17 heavy (non-hydrogen) atoms. The van der Waals surface area contributed by atoms with E-state index in [4.69, 9.17) is 4.74 Å². The first kappa shape index (κ1) is 14.0. The fourth-order valence-corrected chi connectivity index (χ4v) is 2.04. The van der Waals surface area contributed by atoms with Crippen LogP contribution in [0.3, 0.4) is 0 Å². The lowest BCUT2D eigenvalue weighted by Crippen LogP contribution is -2.25. The summed E-state index contributed by atoms with van der Waals surface area (Å²) in [4.78, 5) is 0.